The number of aromatic nitrogens is 4. The van der Waals surface area contributed by atoms with Crippen molar-refractivity contribution in [3.63, 3.8) is 0 Å². The monoisotopic (exact) mass is 347 g/mol. The van der Waals surface area contributed by atoms with Crippen molar-refractivity contribution in [1.29, 1.82) is 0 Å². The fraction of sp³-hybridized carbons (Fsp3) is 0.125. The van der Waals surface area contributed by atoms with Gasteiger partial charge in [0.05, 0.1) is 18.4 Å². The minimum Gasteiger partial charge on any atom is -0.481 e. The zero-order valence-corrected chi connectivity index (χ0v) is 12.9. The molecule has 3 aromatic heterocycles. The van der Waals surface area contributed by atoms with Crippen LogP contribution in [0.2, 0.25) is 0 Å². The Hall–Kier alpha value is -3.23. The molecule has 0 spiro atoms. The topological polar surface area (TPSA) is 72.8 Å². The number of alkyl halides is 3. The SMILES string of the molecule is COc1cc(-c2ccnc(Nc3cc(C(F)(F)F)ccn3)n2)ccn1. The predicted molar refractivity (Wildman–Crippen MR) is 84.3 cm³/mol. The summed E-state index contributed by atoms with van der Waals surface area (Å²) in [5.41, 5.74) is 0.486. The Bertz CT molecular complexity index is 885. The summed E-state index contributed by atoms with van der Waals surface area (Å²) in [6.07, 6.45) is -0.318. The number of halogens is 3. The number of anilines is 2. The molecule has 0 unspecified atom stereocenters. The zero-order chi connectivity index (χ0) is 17.9. The van der Waals surface area contributed by atoms with Gasteiger partial charge in [-0.1, -0.05) is 0 Å². The number of pyridine rings is 2. The van der Waals surface area contributed by atoms with Gasteiger partial charge in [-0.2, -0.15) is 13.2 Å². The molecule has 0 saturated carbocycles. The van der Waals surface area contributed by atoms with E-state index in [1.165, 1.54) is 13.3 Å². The minimum absolute atomic E-state index is 0.000663. The van der Waals surface area contributed by atoms with Gasteiger partial charge < -0.3 is 10.1 Å². The molecule has 3 aromatic rings. The Morgan fingerprint density at radius 2 is 1.72 bits per heavy atom. The lowest BCUT2D eigenvalue weighted by atomic mass is 10.2. The van der Waals surface area contributed by atoms with Gasteiger partial charge in [0.1, 0.15) is 5.82 Å². The van der Waals surface area contributed by atoms with Crippen molar-refractivity contribution in [2.45, 2.75) is 6.18 Å². The predicted octanol–water partition coefficient (Wildman–Crippen LogP) is 3.70. The molecule has 6 nitrogen and oxygen atoms in total. The number of nitrogens with zero attached hydrogens (tertiary/aromatic N) is 4. The molecular weight excluding hydrogens is 335 g/mol. The molecule has 3 rings (SSSR count). The zero-order valence-electron chi connectivity index (χ0n) is 12.9. The largest absolute Gasteiger partial charge is 0.481 e. The molecule has 0 bridgehead atoms. The Balaban J connectivity index is 1.87. The highest BCUT2D eigenvalue weighted by molar-refractivity contribution is 5.62. The molecule has 3 heterocycles. The van der Waals surface area contributed by atoms with Gasteiger partial charge in [0.2, 0.25) is 11.8 Å². The van der Waals surface area contributed by atoms with E-state index in [1.54, 1.807) is 24.4 Å². The molecule has 0 aromatic carbocycles. The minimum atomic E-state index is -4.45. The maximum absolute atomic E-state index is 12.8. The third kappa shape index (κ3) is 4.00. The lowest BCUT2D eigenvalue weighted by molar-refractivity contribution is -0.137. The first kappa shape index (κ1) is 16.6. The van der Waals surface area contributed by atoms with Gasteiger partial charge in [0.25, 0.3) is 0 Å². The molecule has 0 radical (unpaired) electrons. The second-order valence-electron chi connectivity index (χ2n) is 4.90. The van der Waals surface area contributed by atoms with Crippen molar-refractivity contribution in [3.05, 3.63) is 54.5 Å². The summed E-state index contributed by atoms with van der Waals surface area (Å²) < 4.78 is 43.3. The van der Waals surface area contributed by atoms with Crippen molar-refractivity contribution in [2.75, 3.05) is 12.4 Å². The second kappa shape index (κ2) is 6.71. The Morgan fingerprint density at radius 1 is 0.960 bits per heavy atom. The number of ether oxygens (including phenoxy) is 1. The fourth-order valence-electron chi connectivity index (χ4n) is 2.05. The molecular formula is C16H12F3N5O. The lowest BCUT2D eigenvalue weighted by Gasteiger charge is -2.09. The van der Waals surface area contributed by atoms with Gasteiger partial charge in [0, 0.05) is 30.2 Å². The summed E-state index contributed by atoms with van der Waals surface area (Å²) >= 11 is 0. The van der Waals surface area contributed by atoms with Crippen LogP contribution in [0.1, 0.15) is 5.56 Å². The summed E-state index contributed by atoms with van der Waals surface area (Å²) in [5, 5.41) is 2.67. The van der Waals surface area contributed by atoms with Crippen LogP contribution < -0.4 is 10.1 Å². The van der Waals surface area contributed by atoms with Gasteiger partial charge in [-0.15, -0.1) is 0 Å². The molecule has 25 heavy (non-hydrogen) atoms. The van der Waals surface area contributed by atoms with Crippen LogP contribution in [-0.2, 0) is 6.18 Å². The van der Waals surface area contributed by atoms with Crippen LogP contribution in [0.25, 0.3) is 11.3 Å². The van der Waals surface area contributed by atoms with E-state index in [0.717, 1.165) is 23.9 Å². The highest BCUT2D eigenvalue weighted by atomic mass is 19.4. The summed E-state index contributed by atoms with van der Waals surface area (Å²) in [5.74, 6) is 0.546. The van der Waals surface area contributed by atoms with Crippen molar-refractivity contribution in [3.8, 4) is 17.1 Å². The van der Waals surface area contributed by atoms with E-state index < -0.39 is 11.7 Å². The Morgan fingerprint density at radius 3 is 2.48 bits per heavy atom. The average Bonchev–Trinajstić information content (AvgIpc) is 2.61. The maximum Gasteiger partial charge on any atom is 0.416 e. The Kier molecular flexibility index (Phi) is 4.46. The van der Waals surface area contributed by atoms with Crippen molar-refractivity contribution in [1.82, 2.24) is 19.9 Å². The summed E-state index contributed by atoms with van der Waals surface area (Å²) in [6.45, 7) is 0. The molecule has 128 valence electrons. The quantitative estimate of drug-likeness (QED) is 0.776. The van der Waals surface area contributed by atoms with E-state index in [0.29, 0.717) is 11.6 Å². The molecule has 0 aliphatic rings. The van der Waals surface area contributed by atoms with E-state index in [2.05, 4.69) is 25.3 Å². The van der Waals surface area contributed by atoms with Crippen molar-refractivity contribution < 1.29 is 17.9 Å². The molecule has 0 saturated heterocycles. The normalized spacial score (nSPS) is 11.2. The summed E-state index contributed by atoms with van der Waals surface area (Å²) in [6, 6.07) is 6.88. The van der Waals surface area contributed by atoms with Crippen molar-refractivity contribution in [2.24, 2.45) is 0 Å². The summed E-state index contributed by atoms with van der Waals surface area (Å²) in [7, 11) is 1.50. The molecule has 0 aliphatic carbocycles. The van der Waals surface area contributed by atoms with Crippen LogP contribution in [0.15, 0.2) is 48.9 Å². The van der Waals surface area contributed by atoms with E-state index in [9.17, 15) is 13.2 Å². The van der Waals surface area contributed by atoms with Gasteiger partial charge in [0.15, 0.2) is 0 Å². The average molecular weight is 347 g/mol. The third-order valence-electron chi connectivity index (χ3n) is 3.22. The standard InChI is InChI=1S/C16H12F3N5O/c1-25-14-8-10(2-5-21-14)12-4-7-22-15(23-12)24-13-9-11(3-6-20-13)16(17,18)19/h2-9H,1H3,(H,20,22,23,24). The highest BCUT2D eigenvalue weighted by Gasteiger charge is 2.30. The lowest BCUT2D eigenvalue weighted by Crippen LogP contribution is -2.07. The van der Waals surface area contributed by atoms with Crippen LogP contribution in [0.3, 0.4) is 0 Å². The smallest absolute Gasteiger partial charge is 0.416 e. The van der Waals surface area contributed by atoms with Crippen LogP contribution in [0.4, 0.5) is 24.9 Å². The first-order valence-corrected chi connectivity index (χ1v) is 7.09. The van der Waals surface area contributed by atoms with Gasteiger partial charge in [-0.3, -0.25) is 0 Å². The maximum atomic E-state index is 12.8. The summed E-state index contributed by atoms with van der Waals surface area (Å²) in [4.78, 5) is 16.1. The van der Waals surface area contributed by atoms with Crippen LogP contribution >= 0.6 is 0 Å². The van der Waals surface area contributed by atoms with Crippen LogP contribution in [0.5, 0.6) is 5.88 Å². The Labute approximate surface area is 140 Å². The molecule has 0 aliphatic heterocycles. The van der Waals surface area contributed by atoms with Crippen molar-refractivity contribution >= 4 is 11.8 Å². The number of methoxy groups -OCH3 is 1. The van der Waals surface area contributed by atoms with Gasteiger partial charge in [-0.05, 0) is 24.3 Å². The van der Waals surface area contributed by atoms with E-state index in [-0.39, 0.29) is 11.8 Å². The van der Waals surface area contributed by atoms with Gasteiger partial charge >= 0.3 is 6.18 Å². The number of hydrogen-bond acceptors (Lipinski definition) is 6. The highest BCUT2D eigenvalue weighted by Crippen LogP contribution is 2.30. The first-order valence-electron chi connectivity index (χ1n) is 7.09. The fourth-order valence-corrected chi connectivity index (χ4v) is 2.05. The molecule has 1 N–H and O–H groups in total. The second-order valence-corrected chi connectivity index (χ2v) is 4.90. The molecule has 0 amide bonds. The number of rotatable bonds is 4. The molecule has 0 atom stereocenters. The third-order valence-corrected chi connectivity index (χ3v) is 3.22. The van der Waals surface area contributed by atoms with Crippen LogP contribution in [0, 0.1) is 0 Å². The molecule has 0 fully saturated rings. The van der Waals surface area contributed by atoms with Gasteiger partial charge in [-0.25, -0.2) is 19.9 Å². The molecule has 9 heteroatoms. The van der Waals surface area contributed by atoms with E-state index >= 15 is 0 Å². The number of hydrogen-bond donors (Lipinski definition) is 1. The van der Waals surface area contributed by atoms with E-state index in [4.69, 9.17) is 4.74 Å². The van der Waals surface area contributed by atoms with E-state index in [1.807, 2.05) is 0 Å². The van der Waals surface area contributed by atoms with Crippen LogP contribution in [-0.4, -0.2) is 27.0 Å². The number of nitrogens with one attached hydrogen (secondary N) is 1. The first-order chi connectivity index (χ1) is 12.0.